The van der Waals surface area contributed by atoms with E-state index in [1.807, 2.05) is 6.07 Å². The van der Waals surface area contributed by atoms with Crippen molar-refractivity contribution in [3.05, 3.63) is 65.2 Å². The summed E-state index contributed by atoms with van der Waals surface area (Å²) in [5.41, 5.74) is 1.37. The average Bonchev–Trinajstić information content (AvgIpc) is 2.68. The fraction of sp³-hybridized carbons (Fsp3) is 0.263. The van der Waals surface area contributed by atoms with E-state index < -0.39 is 24.6 Å². The SMILES string of the molecule is N#Cc1ccc(C(=O)c2ccc(O[C@@H]3OC[C@@H](O)[C@H](O)[C@@H]3O)cc2)cc1. The van der Waals surface area contributed by atoms with E-state index in [0.717, 1.165) is 0 Å². The summed E-state index contributed by atoms with van der Waals surface area (Å²) in [4.78, 5) is 12.4. The molecule has 4 atom stereocenters. The standard InChI is InChI=1S/C19H17NO6/c20-9-11-1-3-12(4-2-11)16(22)13-5-7-14(8-6-13)26-19-18(24)17(23)15(21)10-25-19/h1-8,15,17-19,21,23-24H,10H2/t15-,17+,18+,19+/m1/s1. The van der Waals surface area contributed by atoms with Crippen LogP contribution < -0.4 is 4.74 Å². The van der Waals surface area contributed by atoms with Crippen LogP contribution in [0.5, 0.6) is 5.75 Å². The van der Waals surface area contributed by atoms with Gasteiger partial charge in [-0.15, -0.1) is 0 Å². The molecule has 1 saturated heterocycles. The van der Waals surface area contributed by atoms with Crippen LogP contribution in [0.3, 0.4) is 0 Å². The molecule has 3 rings (SSSR count). The van der Waals surface area contributed by atoms with Crippen molar-refractivity contribution < 1.29 is 29.6 Å². The number of benzene rings is 2. The molecule has 0 amide bonds. The Balaban J connectivity index is 1.68. The van der Waals surface area contributed by atoms with Crippen LogP contribution in [0.4, 0.5) is 0 Å². The van der Waals surface area contributed by atoms with Gasteiger partial charge in [-0.1, -0.05) is 0 Å². The van der Waals surface area contributed by atoms with Gasteiger partial charge in [0.2, 0.25) is 6.29 Å². The third-order valence-corrected chi connectivity index (χ3v) is 4.10. The lowest BCUT2D eigenvalue weighted by Gasteiger charge is -2.34. The molecule has 1 aliphatic rings. The van der Waals surface area contributed by atoms with Gasteiger partial charge in [-0.3, -0.25) is 4.79 Å². The monoisotopic (exact) mass is 355 g/mol. The van der Waals surface area contributed by atoms with Crippen LogP contribution in [-0.2, 0) is 4.74 Å². The Kier molecular flexibility index (Phi) is 5.30. The van der Waals surface area contributed by atoms with Gasteiger partial charge in [0.25, 0.3) is 0 Å². The fourth-order valence-corrected chi connectivity index (χ4v) is 2.56. The number of hydrogen-bond acceptors (Lipinski definition) is 7. The lowest BCUT2D eigenvalue weighted by Crippen LogP contribution is -2.54. The third kappa shape index (κ3) is 3.74. The van der Waals surface area contributed by atoms with Crippen LogP contribution in [0.1, 0.15) is 21.5 Å². The first-order valence-corrected chi connectivity index (χ1v) is 7.97. The molecule has 1 fully saturated rings. The molecule has 0 spiro atoms. The fourth-order valence-electron chi connectivity index (χ4n) is 2.56. The molecule has 2 aromatic carbocycles. The van der Waals surface area contributed by atoms with Crippen molar-refractivity contribution in [1.29, 1.82) is 5.26 Å². The van der Waals surface area contributed by atoms with E-state index in [9.17, 15) is 20.1 Å². The Morgan fingerprint density at radius 2 is 1.58 bits per heavy atom. The maximum absolute atomic E-state index is 12.4. The molecule has 3 N–H and O–H groups in total. The van der Waals surface area contributed by atoms with E-state index in [0.29, 0.717) is 22.4 Å². The largest absolute Gasteiger partial charge is 0.462 e. The van der Waals surface area contributed by atoms with Gasteiger partial charge in [0.1, 0.15) is 24.1 Å². The van der Waals surface area contributed by atoms with Crippen molar-refractivity contribution in [2.24, 2.45) is 0 Å². The highest BCUT2D eigenvalue weighted by Crippen LogP contribution is 2.22. The van der Waals surface area contributed by atoms with Crippen LogP contribution in [0.25, 0.3) is 0 Å². The van der Waals surface area contributed by atoms with E-state index in [-0.39, 0.29) is 12.4 Å². The van der Waals surface area contributed by atoms with Crippen molar-refractivity contribution >= 4 is 5.78 Å². The number of carbonyl (C=O) groups excluding carboxylic acids is 1. The maximum atomic E-state index is 12.4. The Bertz CT molecular complexity index is 811. The van der Waals surface area contributed by atoms with Crippen molar-refractivity contribution in [3.63, 3.8) is 0 Å². The summed E-state index contributed by atoms with van der Waals surface area (Å²) in [5.74, 6) is 0.141. The minimum absolute atomic E-state index is 0.155. The number of nitriles is 1. The number of carbonyl (C=O) groups is 1. The zero-order valence-corrected chi connectivity index (χ0v) is 13.6. The molecule has 7 nitrogen and oxygen atoms in total. The molecule has 0 aromatic heterocycles. The lowest BCUT2D eigenvalue weighted by molar-refractivity contribution is -0.242. The molecule has 0 unspecified atom stereocenters. The van der Waals surface area contributed by atoms with Gasteiger partial charge >= 0.3 is 0 Å². The molecule has 0 saturated carbocycles. The van der Waals surface area contributed by atoms with Gasteiger partial charge in [0, 0.05) is 11.1 Å². The third-order valence-electron chi connectivity index (χ3n) is 4.10. The van der Waals surface area contributed by atoms with E-state index in [1.165, 1.54) is 0 Å². The van der Waals surface area contributed by atoms with Gasteiger partial charge in [-0.2, -0.15) is 5.26 Å². The van der Waals surface area contributed by atoms with Crippen LogP contribution in [0, 0.1) is 11.3 Å². The average molecular weight is 355 g/mol. The number of hydrogen-bond donors (Lipinski definition) is 3. The van der Waals surface area contributed by atoms with Gasteiger partial charge < -0.3 is 24.8 Å². The Labute approximate surface area is 149 Å². The Morgan fingerprint density at radius 3 is 2.15 bits per heavy atom. The summed E-state index contributed by atoms with van der Waals surface area (Å²) in [6, 6.07) is 14.5. The van der Waals surface area contributed by atoms with E-state index >= 15 is 0 Å². The van der Waals surface area contributed by atoms with Crippen molar-refractivity contribution in [1.82, 2.24) is 0 Å². The predicted molar refractivity (Wildman–Crippen MR) is 89.4 cm³/mol. The van der Waals surface area contributed by atoms with E-state index in [2.05, 4.69) is 0 Å². The number of ether oxygens (including phenoxy) is 2. The van der Waals surface area contributed by atoms with Gasteiger partial charge in [0.15, 0.2) is 5.78 Å². The minimum Gasteiger partial charge on any atom is -0.462 e. The zero-order valence-electron chi connectivity index (χ0n) is 13.6. The van der Waals surface area contributed by atoms with Gasteiger partial charge in [-0.05, 0) is 48.5 Å². The number of rotatable bonds is 4. The van der Waals surface area contributed by atoms with E-state index in [4.69, 9.17) is 14.7 Å². The molecule has 7 heteroatoms. The van der Waals surface area contributed by atoms with Crippen LogP contribution >= 0.6 is 0 Å². The Morgan fingerprint density at radius 1 is 1.00 bits per heavy atom. The van der Waals surface area contributed by atoms with Crippen LogP contribution in [0.2, 0.25) is 0 Å². The second-order valence-electron chi connectivity index (χ2n) is 5.91. The molecule has 134 valence electrons. The highest BCUT2D eigenvalue weighted by molar-refractivity contribution is 6.09. The number of ketones is 1. The van der Waals surface area contributed by atoms with E-state index in [1.54, 1.807) is 48.5 Å². The second kappa shape index (κ2) is 7.64. The molecule has 0 radical (unpaired) electrons. The number of nitrogens with zero attached hydrogens (tertiary/aromatic N) is 1. The highest BCUT2D eigenvalue weighted by Gasteiger charge is 2.38. The van der Waals surface area contributed by atoms with Crippen molar-refractivity contribution in [2.45, 2.75) is 24.6 Å². The summed E-state index contributed by atoms with van der Waals surface area (Å²) in [6.45, 7) is -0.155. The molecule has 0 aliphatic carbocycles. The highest BCUT2D eigenvalue weighted by atomic mass is 16.7. The lowest BCUT2D eigenvalue weighted by atomic mass is 10.0. The Hall–Kier alpha value is -2.76. The van der Waals surface area contributed by atoms with Crippen molar-refractivity contribution in [3.8, 4) is 11.8 Å². The molecule has 1 aliphatic heterocycles. The second-order valence-corrected chi connectivity index (χ2v) is 5.91. The molecule has 1 heterocycles. The quantitative estimate of drug-likeness (QED) is 0.687. The smallest absolute Gasteiger partial charge is 0.228 e. The first kappa shape index (κ1) is 18.0. The zero-order chi connectivity index (χ0) is 18.7. The van der Waals surface area contributed by atoms with Crippen LogP contribution in [0.15, 0.2) is 48.5 Å². The predicted octanol–water partition coefficient (Wildman–Crippen LogP) is 0.607. The molecule has 26 heavy (non-hydrogen) atoms. The summed E-state index contributed by atoms with van der Waals surface area (Å²) < 4.78 is 10.6. The molecule has 0 bridgehead atoms. The number of aliphatic hydroxyl groups excluding tert-OH is 3. The maximum Gasteiger partial charge on any atom is 0.228 e. The molecule has 2 aromatic rings. The normalized spacial score (nSPS) is 25.3. The molecular formula is C19H17NO6. The van der Waals surface area contributed by atoms with Crippen molar-refractivity contribution in [2.75, 3.05) is 6.61 Å². The summed E-state index contributed by atoms with van der Waals surface area (Å²) in [5, 5.41) is 37.7. The van der Waals surface area contributed by atoms with Gasteiger partial charge in [0.05, 0.1) is 18.2 Å². The molecular weight excluding hydrogens is 338 g/mol. The van der Waals surface area contributed by atoms with Crippen LogP contribution in [-0.4, -0.2) is 52.3 Å². The van der Waals surface area contributed by atoms with Gasteiger partial charge in [-0.25, -0.2) is 0 Å². The minimum atomic E-state index is -1.39. The summed E-state index contributed by atoms with van der Waals surface area (Å²) >= 11 is 0. The first-order chi connectivity index (χ1) is 12.5. The topological polar surface area (TPSA) is 120 Å². The summed E-state index contributed by atoms with van der Waals surface area (Å²) in [6.07, 6.45) is -5.03. The first-order valence-electron chi connectivity index (χ1n) is 7.97. The number of aliphatic hydroxyl groups is 3. The summed E-state index contributed by atoms with van der Waals surface area (Å²) in [7, 11) is 0.